The zero-order valence-corrected chi connectivity index (χ0v) is 13.8. The maximum atomic E-state index is 8.69. The van der Waals surface area contributed by atoms with Gasteiger partial charge in [0.05, 0.1) is 26.0 Å². The largest absolute Gasteiger partial charge is 0.490 e. The molecule has 1 aliphatic heterocycles. The molecule has 1 fully saturated rings. The zero-order valence-electron chi connectivity index (χ0n) is 13.8. The minimum absolute atomic E-state index is 0.0706. The second kappa shape index (κ2) is 8.78. The summed E-state index contributed by atoms with van der Waals surface area (Å²) in [5.41, 5.74) is 3.39. The SMILES string of the molecule is OCCOCCc1ccc(-c2cncc(OCC3CCN3)c2)cc1. The topological polar surface area (TPSA) is 63.6 Å². The van der Waals surface area contributed by atoms with E-state index in [4.69, 9.17) is 14.6 Å². The van der Waals surface area contributed by atoms with Crippen LogP contribution in [0.2, 0.25) is 0 Å². The third-order valence-electron chi connectivity index (χ3n) is 4.15. The fraction of sp³-hybridized carbons (Fsp3) is 0.421. The lowest BCUT2D eigenvalue weighted by molar-refractivity contribution is 0.0944. The van der Waals surface area contributed by atoms with Gasteiger partial charge in [-0.25, -0.2) is 0 Å². The van der Waals surface area contributed by atoms with Crippen LogP contribution in [-0.2, 0) is 11.2 Å². The van der Waals surface area contributed by atoms with Crippen molar-refractivity contribution in [3.63, 3.8) is 0 Å². The monoisotopic (exact) mass is 328 g/mol. The Hall–Kier alpha value is -1.95. The van der Waals surface area contributed by atoms with Crippen LogP contribution >= 0.6 is 0 Å². The number of aliphatic hydroxyl groups is 1. The summed E-state index contributed by atoms with van der Waals surface area (Å²) in [7, 11) is 0. The number of hydrogen-bond donors (Lipinski definition) is 2. The summed E-state index contributed by atoms with van der Waals surface area (Å²) in [6.07, 6.45) is 5.63. The fourth-order valence-corrected chi connectivity index (χ4v) is 2.56. The Morgan fingerprint density at radius 3 is 2.67 bits per heavy atom. The maximum Gasteiger partial charge on any atom is 0.138 e. The molecule has 0 amide bonds. The third-order valence-corrected chi connectivity index (χ3v) is 4.15. The Labute approximate surface area is 142 Å². The van der Waals surface area contributed by atoms with Crippen LogP contribution in [-0.4, -0.2) is 49.1 Å². The molecule has 1 aromatic carbocycles. The first kappa shape index (κ1) is 16.9. The van der Waals surface area contributed by atoms with Crippen LogP contribution in [0.4, 0.5) is 0 Å². The number of benzene rings is 1. The summed E-state index contributed by atoms with van der Waals surface area (Å²) < 4.78 is 11.1. The van der Waals surface area contributed by atoms with Gasteiger partial charge in [-0.3, -0.25) is 4.98 Å². The number of nitrogens with one attached hydrogen (secondary N) is 1. The first-order chi connectivity index (χ1) is 11.8. The first-order valence-electron chi connectivity index (χ1n) is 8.44. The molecule has 1 aromatic heterocycles. The molecule has 1 atom stereocenters. The smallest absolute Gasteiger partial charge is 0.138 e. The Kier molecular flexibility index (Phi) is 6.18. The average Bonchev–Trinajstić information content (AvgIpc) is 2.58. The molecule has 24 heavy (non-hydrogen) atoms. The quantitative estimate of drug-likeness (QED) is 0.690. The second-order valence-corrected chi connectivity index (χ2v) is 5.94. The van der Waals surface area contributed by atoms with Crippen molar-refractivity contribution >= 4 is 0 Å². The summed E-state index contributed by atoms with van der Waals surface area (Å²) in [5, 5.41) is 12.0. The Morgan fingerprint density at radius 2 is 1.96 bits per heavy atom. The summed E-state index contributed by atoms with van der Waals surface area (Å²) in [4.78, 5) is 4.29. The second-order valence-electron chi connectivity index (χ2n) is 5.94. The minimum Gasteiger partial charge on any atom is -0.490 e. The normalized spacial score (nSPS) is 16.6. The molecule has 5 heteroatoms. The van der Waals surface area contributed by atoms with Crippen molar-refractivity contribution < 1.29 is 14.6 Å². The predicted octanol–water partition coefficient (Wildman–Crippen LogP) is 2.04. The predicted molar refractivity (Wildman–Crippen MR) is 93.2 cm³/mol. The Balaban J connectivity index is 1.56. The van der Waals surface area contributed by atoms with Gasteiger partial charge >= 0.3 is 0 Å². The third kappa shape index (κ3) is 4.77. The Bertz CT molecular complexity index is 627. The van der Waals surface area contributed by atoms with Gasteiger partial charge in [-0.1, -0.05) is 24.3 Å². The van der Waals surface area contributed by atoms with Gasteiger partial charge in [-0.2, -0.15) is 0 Å². The average molecular weight is 328 g/mol. The summed E-state index contributed by atoms with van der Waals surface area (Å²) in [6, 6.07) is 10.9. The molecule has 2 aromatic rings. The number of ether oxygens (including phenoxy) is 2. The van der Waals surface area contributed by atoms with Gasteiger partial charge in [-0.15, -0.1) is 0 Å². The van der Waals surface area contributed by atoms with Crippen LogP contribution in [0.1, 0.15) is 12.0 Å². The van der Waals surface area contributed by atoms with Crippen LogP contribution in [0.3, 0.4) is 0 Å². The lowest BCUT2D eigenvalue weighted by Gasteiger charge is -2.27. The van der Waals surface area contributed by atoms with E-state index in [1.165, 1.54) is 12.0 Å². The Morgan fingerprint density at radius 1 is 1.12 bits per heavy atom. The van der Waals surface area contributed by atoms with Crippen molar-refractivity contribution in [2.75, 3.05) is 33.0 Å². The molecular weight excluding hydrogens is 304 g/mol. The molecule has 0 radical (unpaired) electrons. The van der Waals surface area contributed by atoms with E-state index in [2.05, 4.69) is 34.6 Å². The number of hydrogen-bond acceptors (Lipinski definition) is 5. The van der Waals surface area contributed by atoms with Crippen LogP contribution in [0.25, 0.3) is 11.1 Å². The molecule has 0 saturated carbocycles. The molecule has 128 valence electrons. The fourth-order valence-electron chi connectivity index (χ4n) is 2.56. The number of nitrogens with zero attached hydrogens (tertiary/aromatic N) is 1. The summed E-state index contributed by atoms with van der Waals surface area (Å²) in [6.45, 7) is 2.87. The van der Waals surface area contributed by atoms with Gasteiger partial charge in [0.15, 0.2) is 0 Å². The van der Waals surface area contributed by atoms with E-state index < -0.39 is 0 Å². The highest BCUT2D eigenvalue weighted by Gasteiger charge is 2.16. The highest BCUT2D eigenvalue weighted by molar-refractivity contribution is 5.64. The lowest BCUT2D eigenvalue weighted by Crippen LogP contribution is -2.46. The minimum atomic E-state index is 0.0706. The van der Waals surface area contributed by atoms with Crippen molar-refractivity contribution in [1.29, 1.82) is 0 Å². The number of rotatable bonds is 9. The summed E-state index contributed by atoms with van der Waals surface area (Å²) >= 11 is 0. The number of aromatic nitrogens is 1. The van der Waals surface area contributed by atoms with Crippen LogP contribution in [0, 0.1) is 0 Å². The molecule has 5 nitrogen and oxygen atoms in total. The van der Waals surface area contributed by atoms with Crippen molar-refractivity contribution in [2.24, 2.45) is 0 Å². The van der Waals surface area contributed by atoms with Crippen molar-refractivity contribution in [3.8, 4) is 16.9 Å². The van der Waals surface area contributed by atoms with E-state index in [0.29, 0.717) is 25.9 Å². The molecule has 1 unspecified atom stereocenters. The maximum absolute atomic E-state index is 8.69. The van der Waals surface area contributed by atoms with Crippen LogP contribution in [0.5, 0.6) is 5.75 Å². The van der Waals surface area contributed by atoms with Gasteiger partial charge in [-0.05, 0) is 36.6 Å². The lowest BCUT2D eigenvalue weighted by atomic mass is 10.0. The zero-order chi connectivity index (χ0) is 16.6. The molecule has 0 bridgehead atoms. The van der Waals surface area contributed by atoms with Gasteiger partial charge in [0.25, 0.3) is 0 Å². The first-order valence-corrected chi connectivity index (χ1v) is 8.44. The molecule has 2 heterocycles. The molecular formula is C19H24N2O3. The van der Waals surface area contributed by atoms with Crippen molar-refractivity contribution in [3.05, 3.63) is 48.3 Å². The van der Waals surface area contributed by atoms with Gasteiger partial charge in [0.1, 0.15) is 12.4 Å². The molecule has 0 aliphatic carbocycles. The highest BCUT2D eigenvalue weighted by Crippen LogP contribution is 2.23. The molecule has 0 spiro atoms. The standard InChI is InChI=1S/C19H24N2O3/c22-8-10-23-9-6-15-1-3-16(4-2-15)17-11-19(13-20-12-17)24-14-18-5-7-21-18/h1-4,11-13,18,21-22H,5-10,14H2. The number of pyridine rings is 1. The van der Waals surface area contributed by atoms with Crippen LogP contribution in [0.15, 0.2) is 42.7 Å². The molecule has 3 rings (SSSR count). The highest BCUT2D eigenvalue weighted by atomic mass is 16.5. The van der Waals surface area contributed by atoms with E-state index >= 15 is 0 Å². The molecule has 1 saturated heterocycles. The van der Waals surface area contributed by atoms with E-state index in [1.807, 2.05) is 12.3 Å². The van der Waals surface area contributed by atoms with Gasteiger partial charge in [0.2, 0.25) is 0 Å². The van der Waals surface area contributed by atoms with Crippen LogP contribution < -0.4 is 10.1 Å². The summed E-state index contributed by atoms with van der Waals surface area (Å²) in [5.74, 6) is 0.808. The van der Waals surface area contributed by atoms with Crippen molar-refractivity contribution in [1.82, 2.24) is 10.3 Å². The molecule has 2 N–H and O–H groups in total. The van der Waals surface area contributed by atoms with Crippen molar-refractivity contribution in [2.45, 2.75) is 18.9 Å². The van der Waals surface area contributed by atoms with E-state index in [1.54, 1.807) is 6.20 Å². The van der Waals surface area contributed by atoms with E-state index in [0.717, 1.165) is 29.8 Å². The van der Waals surface area contributed by atoms with Gasteiger partial charge < -0.3 is 19.9 Å². The molecule has 1 aliphatic rings. The van der Waals surface area contributed by atoms with E-state index in [9.17, 15) is 0 Å². The number of aliphatic hydroxyl groups excluding tert-OH is 1. The van der Waals surface area contributed by atoms with Gasteiger partial charge in [0, 0.05) is 17.8 Å². The van der Waals surface area contributed by atoms with E-state index in [-0.39, 0.29) is 6.61 Å².